The molecule has 0 unspecified atom stereocenters. The van der Waals surface area contributed by atoms with Crippen molar-refractivity contribution < 1.29 is 4.74 Å². The van der Waals surface area contributed by atoms with Gasteiger partial charge in [-0.05, 0) is 18.3 Å². The quantitative estimate of drug-likeness (QED) is 0.855. The summed E-state index contributed by atoms with van der Waals surface area (Å²) < 4.78 is 5.76. The molecule has 0 spiro atoms. The predicted octanol–water partition coefficient (Wildman–Crippen LogP) is 2.90. The molecule has 1 aromatic heterocycles. The lowest BCUT2D eigenvalue weighted by Crippen LogP contribution is -2.13. The molecule has 0 aromatic carbocycles. The van der Waals surface area contributed by atoms with Crippen LogP contribution in [-0.4, -0.2) is 23.6 Å². The van der Waals surface area contributed by atoms with Crippen molar-refractivity contribution in [3.8, 4) is 5.88 Å². The second-order valence-electron chi connectivity index (χ2n) is 5.27. The van der Waals surface area contributed by atoms with Crippen molar-refractivity contribution in [3.63, 3.8) is 0 Å². The van der Waals surface area contributed by atoms with Crippen LogP contribution in [0.5, 0.6) is 5.88 Å². The maximum atomic E-state index is 5.76. The molecule has 4 heteroatoms. The zero-order valence-corrected chi connectivity index (χ0v) is 11.5. The Morgan fingerprint density at radius 1 is 1.29 bits per heavy atom. The number of nitrogens with one attached hydrogen (secondary N) is 1. The van der Waals surface area contributed by atoms with Gasteiger partial charge in [-0.2, -0.15) is 0 Å². The Hall–Kier alpha value is -1.32. The van der Waals surface area contributed by atoms with Crippen molar-refractivity contribution >= 4 is 5.82 Å². The first-order valence-electron chi connectivity index (χ1n) is 6.12. The molecule has 0 bridgehead atoms. The molecular weight excluding hydrogens is 214 g/mol. The molecule has 1 aromatic rings. The Labute approximate surface area is 104 Å². The maximum absolute atomic E-state index is 5.76. The summed E-state index contributed by atoms with van der Waals surface area (Å²) in [6, 6.07) is 0. The van der Waals surface area contributed by atoms with Crippen LogP contribution >= 0.6 is 0 Å². The summed E-state index contributed by atoms with van der Waals surface area (Å²) in [4.78, 5) is 8.39. The second-order valence-corrected chi connectivity index (χ2v) is 5.27. The predicted molar refractivity (Wildman–Crippen MR) is 70.5 cm³/mol. The molecule has 0 fully saturated rings. The minimum absolute atomic E-state index is 0.283. The second kappa shape index (κ2) is 5.84. The van der Waals surface area contributed by atoms with Gasteiger partial charge in [-0.15, -0.1) is 0 Å². The summed E-state index contributed by atoms with van der Waals surface area (Å²) in [5.74, 6) is 1.56. The van der Waals surface area contributed by atoms with Gasteiger partial charge in [0.25, 0.3) is 0 Å². The van der Waals surface area contributed by atoms with Crippen LogP contribution in [0.1, 0.15) is 39.7 Å². The van der Waals surface area contributed by atoms with Crippen LogP contribution in [0.2, 0.25) is 0 Å². The van der Waals surface area contributed by atoms with Crippen molar-refractivity contribution in [3.05, 3.63) is 11.9 Å². The minimum Gasteiger partial charge on any atom is -0.477 e. The Balaban J connectivity index is 2.70. The summed E-state index contributed by atoms with van der Waals surface area (Å²) in [5.41, 5.74) is 1.33. The first kappa shape index (κ1) is 13.7. The molecule has 0 aliphatic rings. The first-order chi connectivity index (χ1) is 7.98. The summed E-state index contributed by atoms with van der Waals surface area (Å²) in [6.45, 7) is 9.38. The fourth-order valence-corrected chi connectivity index (χ4v) is 1.51. The number of rotatable bonds is 5. The van der Waals surface area contributed by atoms with E-state index >= 15 is 0 Å². The molecule has 0 aliphatic heterocycles. The van der Waals surface area contributed by atoms with Gasteiger partial charge in [0.2, 0.25) is 5.88 Å². The summed E-state index contributed by atoms with van der Waals surface area (Å²) >= 11 is 0. The highest BCUT2D eigenvalue weighted by Crippen LogP contribution is 2.24. The topological polar surface area (TPSA) is 47.0 Å². The van der Waals surface area contributed by atoms with Crippen LogP contribution in [0, 0.1) is 5.41 Å². The Morgan fingerprint density at radius 2 is 2.00 bits per heavy atom. The lowest BCUT2D eigenvalue weighted by molar-refractivity contribution is 0.234. The minimum atomic E-state index is 0.283. The monoisotopic (exact) mass is 237 g/mol. The van der Waals surface area contributed by atoms with E-state index in [1.165, 1.54) is 6.33 Å². The molecule has 0 amide bonds. The number of nitrogens with zero attached hydrogens (tertiary/aromatic N) is 2. The van der Waals surface area contributed by atoms with Gasteiger partial charge in [-0.25, -0.2) is 9.97 Å². The summed E-state index contributed by atoms with van der Waals surface area (Å²) in [6.07, 6.45) is 3.41. The van der Waals surface area contributed by atoms with Gasteiger partial charge in [0.1, 0.15) is 12.1 Å². The average Bonchev–Trinajstić information content (AvgIpc) is 2.27. The maximum Gasteiger partial charge on any atom is 0.221 e. The number of aromatic nitrogens is 2. The van der Waals surface area contributed by atoms with E-state index in [9.17, 15) is 0 Å². The smallest absolute Gasteiger partial charge is 0.221 e. The molecule has 1 heterocycles. The third kappa shape index (κ3) is 4.21. The van der Waals surface area contributed by atoms with Crippen LogP contribution < -0.4 is 10.1 Å². The van der Waals surface area contributed by atoms with Crippen molar-refractivity contribution in [1.29, 1.82) is 0 Å². The van der Waals surface area contributed by atoms with Crippen molar-refractivity contribution in [2.75, 3.05) is 19.0 Å². The number of ether oxygens (including phenoxy) is 1. The van der Waals surface area contributed by atoms with Crippen molar-refractivity contribution in [2.45, 2.75) is 40.5 Å². The highest BCUT2D eigenvalue weighted by atomic mass is 16.5. The van der Waals surface area contributed by atoms with E-state index in [2.05, 4.69) is 43.0 Å². The fourth-order valence-electron chi connectivity index (χ4n) is 1.51. The van der Waals surface area contributed by atoms with Gasteiger partial charge in [0.05, 0.1) is 12.2 Å². The Kier molecular flexibility index (Phi) is 4.73. The number of hydrogen-bond donors (Lipinski definition) is 1. The third-order valence-corrected chi connectivity index (χ3v) is 2.59. The van der Waals surface area contributed by atoms with E-state index in [-0.39, 0.29) is 5.41 Å². The van der Waals surface area contributed by atoms with E-state index in [1.54, 1.807) is 0 Å². The summed E-state index contributed by atoms with van der Waals surface area (Å²) in [5, 5.41) is 3.06. The summed E-state index contributed by atoms with van der Waals surface area (Å²) in [7, 11) is 1.86. The molecule has 1 rings (SSSR count). The van der Waals surface area contributed by atoms with Crippen molar-refractivity contribution in [2.24, 2.45) is 5.41 Å². The van der Waals surface area contributed by atoms with E-state index in [0.29, 0.717) is 12.5 Å². The standard InChI is InChI=1S/C13H23N3O/c1-6-10-11(14-5)15-9-16-12(10)17-8-7-13(2,3)4/h9H,6-8H2,1-5H3,(H,14,15,16). The van der Waals surface area contributed by atoms with Gasteiger partial charge in [-0.3, -0.25) is 0 Å². The molecule has 0 radical (unpaired) electrons. The van der Waals surface area contributed by atoms with Crippen LogP contribution in [0.4, 0.5) is 5.82 Å². The Morgan fingerprint density at radius 3 is 2.53 bits per heavy atom. The van der Waals surface area contributed by atoms with Gasteiger partial charge in [-0.1, -0.05) is 27.7 Å². The molecule has 0 aliphatic carbocycles. The third-order valence-electron chi connectivity index (χ3n) is 2.59. The zero-order chi connectivity index (χ0) is 12.9. The van der Waals surface area contributed by atoms with Gasteiger partial charge >= 0.3 is 0 Å². The highest BCUT2D eigenvalue weighted by Gasteiger charge is 2.13. The van der Waals surface area contributed by atoms with E-state index in [0.717, 1.165) is 24.2 Å². The van der Waals surface area contributed by atoms with Gasteiger partial charge in [0.15, 0.2) is 0 Å². The van der Waals surface area contributed by atoms with Gasteiger partial charge in [0, 0.05) is 7.05 Å². The normalized spacial score (nSPS) is 11.4. The van der Waals surface area contributed by atoms with E-state index in [1.807, 2.05) is 7.05 Å². The van der Waals surface area contributed by atoms with Crippen LogP contribution in [0.25, 0.3) is 0 Å². The highest BCUT2D eigenvalue weighted by molar-refractivity contribution is 5.48. The lowest BCUT2D eigenvalue weighted by atomic mass is 9.93. The SMILES string of the molecule is CCc1c(NC)ncnc1OCCC(C)(C)C. The van der Waals surface area contributed by atoms with E-state index < -0.39 is 0 Å². The molecule has 96 valence electrons. The van der Waals surface area contributed by atoms with Crippen LogP contribution in [-0.2, 0) is 6.42 Å². The molecule has 1 N–H and O–H groups in total. The van der Waals surface area contributed by atoms with Crippen LogP contribution in [0.15, 0.2) is 6.33 Å². The molecule has 17 heavy (non-hydrogen) atoms. The zero-order valence-electron chi connectivity index (χ0n) is 11.5. The van der Waals surface area contributed by atoms with Gasteiger partial charge < -0.3 is 10.1 Å². The fraction of sp³-hybridized carbons (Fsp3) is 0.692. The first-order valence-corrected chi connectivity index (χ1v) is 6.12. The van der Waals surface area contributed by atoms with Crippen molar-refractivity contribution in [1.82, 2.24) is 9.97 Å². The molecule has 0 atom stereocenters. The molecule has 0 saturated heterocycles. The number of hydrogen-bond acceptors (Lipinski definition) is 4. The molecular formula is C13H23N3O. The van der Waals surface area contributed by atoms with Crippen LogP contribution in [0.3, 0.4) is 0 Å². The number of anilines is 1. The lowest BCUT2D eigenvalue weighted by Gasteiger charge is -2.18. The Bertz CT molecular complexity index is 358. The van der Waals surface area contributed by atoms with E-state index in [4.69, 9.17) is 4.74 Å². The molecule has 4 nitrogen and oxygen atoms in total. The average molecular weight is 237 g/mol. The molecule has 0 saturated carbocycles. The largest absolute Gasteiger partial charge is 0.477 e.